The van der Waals surface area contributed by atoms with E-state index in [9.17, 15) is 19.8 Å². The monoisotopic (exact) mass is 1170 g/mol. The molecule has 0 aliphatic carbocycles. The molecule has 0 heterocycles. The van der Waals surface area contributed by atoms with E-state index in [0.29, 0.717) is 25.9 Å². The third kappa shape index (κ3) is 69.1. The lowest BCUT2D eigenvalue weighted by Crippen LogP contribution is -2.45. The summed E-state index contributed by atoms with van der Waals surface area (Å²) in [4.78, 5) is 24.6. The van der Waals surface area contributed by atoms with Crippen LogP contribution in [0.1, 0.15) is 418 Å². The Morgan fingerprint density at radius 3 is 0.952 bits per heavy atom. The van der Waals surface area contributed by atoms with Crippen LogP contribution in [0.4, 0.5) is 0 Å². The summed E-state index contributed by atoms with van der Waals surface area (Å²) in [6, 6.07) is -0.538. The van der Waals surface area contributed by atoms with Gasteiger partial charge in [0, 0.05) is 12.8 Å². The van der Waals surface area contributed by atoms with Gasteiger partial charge in [0.15, 0.2) is 0 Å². The van der Waals surface area contributed by atoms with Gasteiger partial charge in [0.25, 0.3) is 0 Å². The first-order valence-corrected chi connectivity index (χ1v) is 37.7. The molecule has 1 amide bonds. The molecule has 83 heavy (non-hydrogen) atoms. The van der Waals surface area contributed by atoms with Crippen LogP contribution >= 0.6 is 0 Å². The third-order valence-corrected chi connectivity index (χ3v) is 17.7. The molecule has 0 aromatic rings. The Morgan fingerprint density at radius 2 is 0.602 bits per heavy atom. The second kappa shape index (κ2) is 72.6. The Kier molecular flexibility index (Phi) is 70.9. The minimum atomic E-state index is -0.661. The highest BCUT2D eigenvalue weighted by atomic mass is 16.5. The predicted molar refractivity (Wildman–Crippen MR) is 366 cm³/mol. The molecule has 6 heteroatoms. The first-order valence-electron chi connectivity index (χ1n) is 37.7. The standard InChI is InChI=1S/C77H147NO5/c1-3-5-7-9-11-13-15-17-19-39-43-47-51-55-59-63-67-71-77(82)83-72-68-64-60-56-52-48-44-41-38-36-34-32-30-28-26-24-22-20-21-23-25-27-29-31-33-35-37-40-42-46-50-54-58-62-66-70-76(81)78-74(73-79)75(80)69-65-61-57-53-49-45-18-16-14-12-10-8-6-4-2/h11,13,17,19,22,24,74-75,79-80H,3-10,12,14-16,18,20-21,23,25-73H2,1-2H3,(H,78,81)/b13-11-,19-17-,24-22-. The van der Waals surface area contributed by atoms with Crippen molar-refractivity contribution in [2.75, 3.05) is 13.2 Å². The van der Waals surface area contributed by atoms with Crippen LogP contribution in [0.3, 0.4) is 0 Å². The fourth-order valence-electron chi connectivity index (χ4n) is 11.9. The van der Waals surface area contributed by atoms with E-state index >= 15 is 0 Å². The van der Waals surface area contributed by atoms with E-state index in [2.05, 4.69) is 55.6 Å². The molecule has 0 bridgehead atoms. The Morgan fingerprint density at radius 1 is 0.337 bits per heavy atom. The van der Waals surface area contributed by atoms with Crippen molar-refractivity contribution in [3.63, 3.8) is 0 Å². The maximum atomic E-state index is 12.5. The average molecular weight is 1170 g/mol. The number of amides is 1. The van der Waals surface area contributed by atoms with Crippen LogP contribution in [-0.2, 0) is 14.3 Å². The molecule has 0 spiro atoms. The van der Waals surface area contributed by atoms with Gasteiger partial charge >= 0.3 is 5.97 Å². The van der Waals surface area contributed by atoms with E-state index in [1.165, 1.54) is 334 Å². The molecule has 3 N–H and O–H groups in total. The molecular weight excluding hydrogens is 1020 g/mol. The first-order chi connectivity index (χ1) is 41.0. The number of esters is 1. The van der Waals surface area contributed by atoms with Crippen LogP contribution in [0.15, 0.2) is 36.5 Å². The van der Waals surface area contributed by atoms with Crippen molar-refractivity contribution in [3.8, 4) is 0 Å². The second-order valence-electron chi connectivity index (χ2n) is 26.0. The van der Waals surface area contributed by atoms with E-state index in [4.69, 9.17) is 4.74 Å². The van der Waals surface area contributed by atoms with Gasteiger partial charge in [0.1, 0.15) is 0 Å². The molecule has 0 radical (unpaired) electrons. The first kappa shape index (κ1) is 81.1. The van der Waals surface area contributed by atoms with Crippen molar-refractivity contribution in [1.29, 1.82) is 0 Å². The summed E-state index contributed by atoms with van der Waals surface area (Å²) in [6.07, 6.45) is 93.7. The van der Waals surface area contributed by atoms with Gasteiger partial charge in [-0.2, -0.15) is 0 Å². The molecule has 6 nitrogen and oxygen atoms in total. The van der Waals surface area contributed by atoms with Gasteiger partial charge in [-0.25, -0.2) is 0 Å². The van der Waals surface area contributed by atoms with Crippen LogP contribution in [0, 0.1) is 0 Å². The Hall–Kier alpha value is -1.92. The summed E-state index contributed by atoms with van der Waals surface area (Å²) >= 11 is 0. The minimum absolute atomic E-state index is 0.0129. The van der Waals surface area contributed by atoms with Gasteiger partial charge < -0.3 is 20.3 Å². The number of nitrogens with one attached hydrogen (secondary N) is 1. The highest BCUT2D eigenvalue weighted by Gasteiger charge is 2.20. The Balaban J connectivity index is 3.33. The van der Waals surface area contributed by atoms with Gasteiger partial charge in [0.05, 0.1) is 25.4 Å². The number of rotatable bonds is 71. The SMILES string of the molecule is CCCCC/C=C\C/C=C\CCCCCCCCCC(=O)OCCCCCCCCCCCCCCCC/C=C\CCCCCCCCCCCCCCCCCCCC(=O)NC(CO)C(O)CCCCCCCCCCCCCCCC. The molecular formula is C77H147NO5. The molecule has 490 valence electrons. The molecule has 0 aromatic carbocycles. The van der Waals surface area contributed by atoms with Crippen molar-refractivity contribution >= 4 is 11.9 Å². The number of aliphatic hydroxyl groups excluding tert-OH is 2. The van der Waals surface area contributed by atoms with Crippen molar-refractivity contribution in [2.45, 2.75) is 431 Å². The number of carbonyl (C=O) groups is 2. The Labute approximate surface area is 519 Å². The van der Waals surface area contributed by atoms with Crippen LogP contribution in [0.5, 0.6) is 0 Å². The average Bonchev–Trinajstić information content (AvgIpc) is 3.49. The van der Waals surface area contributed by atoms with Gasteiger partial charge in [-0.1, -0.05) is 359 Å². The molecule has 0 aliphatic heterocycles. The summed E-state index contributed by atoms with van der Waals surface area (Å²) in [5.74, 6) is -0.0159. The van der Waals surface area contributed by atoms with Crippen LogP contribution in [0.2, 0.25) is 0 Å². The molecule has 2 atom stereocenters. The molecule has 0 saturated carbocycles. The number of ether oxygens (including phenoxy) is 1. The lowest BCUT2D eigenvalue weighted by Gasteiger charge is -2.22. The van der Waals surface area contributed by atoms with Crippen molar-refractivity contribution in [2.24, 2.45) is 0 Å². The molecule has 0 fully saturated rings. The fraction of sp³-hybridized carbons (Fsp3) is 0.896. The number of hydrogen-bond donors (Lipinski definition) is 3. The molecule has 0 rings (SSSR count). The normalized spacial score (nSPS) is 12.7. The summed E-state index contributed by atoms with van der Waals surface area (Å²) in [6.45, 7) is 4.96. The molecule has 0 aliphatic rings. The van der Waals surface area contributed by atoms with E-state index in [0.717, 1.165) is 51.4 Å². The lowest BCUT2D eigenvalue weighted by molar-refractivity contribution is -0.143. The van der Waals surface area contributed by atoms with E-state index < -0.39 is 12.1 Å². The summed E-state index contributed by atoms with van der Waals surface area (Å²) in [5, 5.41) is 23.3. The van der Waals surface area contributed by atoms with Crippen LogP contribution in [-0.4, -0.2) is 47.4 Å². The number of aliphatic hydroxyl groups is 2. The quantitative estimate of drug-likeness (QED) is 0.0320. The summed E-state index contributed by atoms with van der Waals surface area (Å²) in [7, 11) is 0. The number of unbranched alkanes of at least 4 members (excludes halogenated alkanes) is 54. The topological polar surface area (TPSA) is 95.9 Å². The maximum Gasteiger partial charge on any atom is 0.305 e. The number of allylic oxidation sites excluding steroid dienone is 6. The lowest BCUT2D eigenvalue weighted by atomic mass is 10.0. The smallest absolute Gasteiger partial charge is 0.305 e. The molecule has 0 aromatic heterocycles. The van der Waals surface area contributed by atoms with Crippen molar-refractivity contribution < 1.29 is 24.5 Å². The second-order valence-corrected chi connectivity index (χ2v) is 26.0. The molecule has 0 saturated heterocycles. The largest absolute Gasteiger partial charge is 0.466 e. The zero-order valence-electron chi connectivity index (χ0n) is 56.2. The molecule has 2 unspecified atom stereocenters. The zero-order valence-corrected chi connectivity index (χ0v) is 56.2. The third-order valence-electron chi connectivity index (χ3n) is 17.7. The Bertz CT molecular complexity index is 1340. The number of hydrogen-bond acceptors (Lipinski definition) is 5. The van der Waals surface area contributed by atoms with Crippen molar-refractivity contribution in [1.82, 2.24) is 5.32 Å². The maximum absolute atomic E-state index is 12.5. The van der Waals surface area contributed by atoms with E-state index in [-0.39, 0.29) is 18.5 Å². The summed E-state index contributed by atoms with van der Waals surface area (Å²) in [5.41, 5.74) is 0. The van der Waals surface area contributed by atoms with Gasteiger partial charge in [-0.3, -0.25) is 9.59 Å². The fourth-order valence-corrected chi connectivity index (χ4v) is 11.9. The minimum Gasteiger partial charge on any atom is -0.466 e. The van der Waals surface area contributed by atoms with Crippen LogP contribution in [0.25, 0.3) is 0 Å². The zero-order chi connectivity index (χ0) is 59.9. The summed E-state index contributed by atoms with van der Waals surface area (Å²) < 4.78 is 5.50. The van der Waals surface area contributed by atoms with Crippen molar-refractivity contribution in [3.05, 3.63) is 36.5 Å². The highest BCUT2D eigenvalue weighted by molar-refractivity contribution is 5.76. The predicted octanol–water partition coefficient (Wildman–Crippen LogP) is 24.7. The van der Waals surface area contributed by atoms with Gasteiger partial charge in [-0.05, 0) is 83.5 Å². The van der Waals surface area contributed by atoms with Gasteiger partial charge in [-0.15, -0.1) is 0 Å². The van der Waals surface area contributed by atoms with Crippen LogP contribution < -0.4 is 5.32 Å². The number of carbonyl (C=O) groups excluding carboxylic acids is 2. The van der Waals surface area contributed by atoms with E-state index in [1.807, 2.05) is 0 Å². The van der Waals surface area contributed by atoms with Gasteiger partial charge in [0.2, 0.25) is 5.91 Å². The highest BCUT2D eigenvalue weighted by Crippen LogP contribution is 2.19. The van der Waals surface area contributed by atoms with E-state index in [1.54, 1.807) is 0 Å².